The zero-order valence-corrected chi connectivity index (χ0v) is 8.49. The van der Waals surface area contributed by atoms with Crippen LogP contribution in [0.5, 0.6) is 0 Å². The van der Waals surface area contributed by atoms with Gasteiger partial charge in [-0.2, -0.15) is 0 Å². The zero-order valence-electron chi connectivity index (χ0n) is 8.49. The lowest BCUT2D eigenvalue weighted by Crippen LogP contribution is -2.57. The molecule has 0 saturated carbocycles. The molecule has 2 rings (SSSR count). The second kappa shape index (κ2) is 3.22. The molecule has 76 valence electrons. The van der Waals surface area contributed by atoms with E-state index in [9.17, 15) is 5.11 Å². The Kier molecular flexibility index (Phi) is 2.17. The molecule has 0 aromatic carbocycles. The highest BCUT2D eigenvalue weighted by molar-refractivity contribution is 5.49. The smallest absolute Gasteiger partial charge is 0.134 e. The molecule has 14 heavy (non-hydrogen) atoms. The van der Waals surface area contributed by atoms with Gasteiger partial charge in [0.25, 0.3) is 0 Å². The van der Waals surface area contributed by atoms with Crippen LogP contribution in [0.3, 0.4) is 0 Å². The van der Waals surface area contributed by atoms with Crippen molar-refractivity contribution in [2.45, 2.75) is 5.60 Å². The maximum absolute atomic E-state index is 10.2. The quantitative estimate of drug-likeness (QED) is 0.691. The van der Waals surface area contributed by atoms with Crippen molar-refractivity contribution in [3.8, 4) is 0 Å². The van der Waals surface area contributed by atoms with E-state index in [1.54, 1.807) is 6.20 Å². The Bertz CT molecular complexity index is 334. The van der Waals surface area contributed by atoms with Gasteiger partial charge in [-0.25, -0.2) is 4.98 Å². The number of β-amino-alcohol motifs (C(OH)–C–C–N with tert-alkyl or cyclic N) is 1. The number of pyridine rings is 1. The summed E-state index contributed by atoms with van der Waals surface area (Å²) in [5.74, 6) is 0.844. The highest BCUT2D eigenvalue weighted by atomic mass is 16.3. The third kappa shape index (κ3) is 1.36. The number of aliphatic hydroxyl groups is 1. The number of aromatic nitrogens is 1. The van der Waals surface area contributed by atoms with Crippen LogP contribution < -0.4 is 10.2 Å². The van der Waals surface area contributed by atoms with Gasteiger partial charge in [-0.05, 0) is 6.07 Å². The molecule has 0 spiro atoms. The molecule has 0 bridgehead atoms. The van der Waals surface area contributed by atoms with Crippen LogP contribution in [0, 0.1) is 0 Å². The lowest BCUT2D eigenvalue weighted by molar-refractivity contribution is -0.0144. The number of anilines is 1. The Hall–Kier alpha value is -1.13. The normalized spacial score (nSPS) is 18.8. The highest BCUT2D eigenvalue weighted by Gasteiger charge is 2.38. The fraction of sp³-hybridized carbons (Fsp3) is 0.500. The lowest BCUT2D eigenvalue weighted by atomic mass is 9.88. The van der Waals surface area contributed by atoms with Crippen molar-refractivity contribution in [3.63, 3.8) is 0 Å². The van der Waals surface area contributed by atoms with E-state index in [4.69, 9.17) is 0 Å². The first-order valence-electron chi connectivity index (χ1n) is 4.69. The summed E-state index contributed by atoms with van der Waals surface area (Å²) < 4.78 is 0. The fourth-order valence-electron chi connectivity index (χ4n) is 1.67. The summed E-state index contributed by atoms with van der Waals surface area (Å²) in [4.78, 5) is 6.19. The first-order chi connectivity index (χ1) is 6.63. The minimum atomic E-state index is -0.728. The number of rotatable bonds is 2. The predicted molar refractivity (Wildman–Crippen MR) is 55.3 cm³/mol. The average Bonchev–Trinajstić information content (AvgIpc) is 2.14. The number of nitrogens with one attached hydrogen (secondary N) is 1. The summed E-state index contributed by atoms with van der Waals surface area (Å²) in [5.41, 5.74) is 0.178. The van der Waals surface area contributed by atoms with E-state index in [1.807, 2.05) is 31.1 Å². The maximum atomic E-state index is 10.2. The van der Waals surface area contributed by atoms with Gasteiger partial charge >= 0.3 is 0 Å². The van der Waals surface area contributed by atoms with Crippen LogP contribution in [0.15, 0.2) is 18.3 Å². The van der Waals surface area contributed by atoms with Gasteiger partial charge < -0.3 is 15.3 Å². The van der Waals surface area contributed by atoms with E-state index in [0.29, 0.717) is 13.1 Å². The van der Waals surface area contributed by atoms with Crippen LogP contribution in [0.2, 0.25) is 0 Å². The molecule has 4 heteroatoms. The van der Waals surface area contributed by atoms with E-state index < -0.39 is 5.60 Å². The van der Waals surface area contributed by atoms with Gasteiger partial charge in [0.15, 0.2) is 0 Å². The minimum absolute atomic E-state index is 0.611. The van der Waals surface area contributed by atoms with Gasteiger partial charge in [-0.15, -0.1) is 0 Å². The molecule has 1 saturated heterocycles. The van der Waals surface area contributed by atoms with Crippen molar-refractivity contribution in [1.82, 2.24) is 10.3 Å². The van der Waals surface area contributed by atoms with Crippen molar-refractivity contribution in [2.75, 3.05) is 32.1 Å². The van der Waals surface area contributed by atoms with E-state index in [0.717, 1.165) is 11.4 Å². The Labute approximate surface area is 83.6 Å². The van der Waals surface area contributed by atoms with Gasteiger partial charge in [0.1, 0.15) is 11.4 Å². The molecule has 1 aliphatic rings. The monoisotopic (exact) mass is 193 g/mol. The molecular formula is C10H15N3O. The SMILES string of the molecule is CN(C)c1ncccc1C1(O)CNC1. The molecule has 0 radical (unpaired) electrons. The Morgan fingerprint density at radius 3 is 2.71 bits per heavy atom. The molecule has 1 aliphatic heterocycles. The molecule has 2 heterocycles. The Morgan fingerprint density at radius 1 is 1.50 bits per heavy atom. The molecule has 1 aromatic rings. The summed E-state index contributed by atoms with van der Waals surface area (Å²) in [5, 5.41) is 13.3. The predicted octanol–water partition coefficient (Wildman–Crippen LogP) is -0.0616. The van der Waals surface area contributed by atoms with Crippen molar-refractivity contribution < 1.29 is 5.11 Å². The van der Waals surface area contributed by atoms with E-state index >= 15 is 0 Å². The third-order valence-corrected chi connectivity index (χ3v) is 2.55. The van der Waals surface area contributed by atoms with Crippen LogP contribution >= 0.6 is 0 Å². The lowest BCUT2D eigenvalue weighted by Gasteiger charge is -2.39. The molecule has 2 N–H and O–H groups in total. The largest absolute Gasteiger partial charge is 0.382 e. The van der Waals surface area contributed by atoms with Gasteiger partial charge in [-0.3, -0.25) is 0 Å². The molecule has 1 fully saturated rings. The van der Waals surface area contributed by atoms with Crippen molar-refractivity contribution in [1.29, 1.82) is 0 Å². The topological polar surface area (TPSA) is 48.4 Å². The van der Waals surface area contributed by atoms with Crippen LogP contribution in [-0.4, -0.2) is 37.3 Å². The Morgan fingerprint density at radius 2 is 2.21 bits per heavy atom. The summed E-state index contributed by atoms with van der Waals surface area (Å²) in [6.07, 6.45) is 1.74. The molecule has 0 amide bonds. The molecule has 0 aliphatic carbocycles. The van der Waals surface area contributed by atoms with Gasteiger partial charge in [0.2, 0.25) is 0 Å². The highest BCUT2D eigenvalue weighted by Crippen LogP contribution is 2.30. The van der Waals surface area contributed by atoms with Crippen LogP contribution in [0.25, 0.3) is 0 Å². The first kappa shape index (κ1) is 9.43. The van der Waals surface area contributed by atoms with Crippen LogP contribution in [0.1, 0.15) is 5.56 Å². The molecule has 4 nitrogen and oxygen atoms in total. The standard InChI is InChI=1S/C10H15N3O/c1-13(2)9-8(4-3-5-12-9)10(14)6-11-7-10/h3-5,11,14H,6-7H2,1-2H3. The second-order valence-electron chi connectivity index (χ2n) is 3.90. The Balaban J connectivity index is 2.41. The minimum Gasteiger partial charge on any atom is -0.382 e. The van der Waals surface area contributed by atoms with Crippen molar-refractivity contribution in [3.05, 3.63) is 23.9 Å². The summed E-state index contributed by atoms with van der Waals surface area (Å²) in [6, 6.07) is 3.79. The number of hydrogen-bond donors (Lipinski definition) is 2. The van der Waals surface area contributed by atoms with Crippen LogP contribution in [0.4, 0.5) is 5.82 Å². The average molecular weight is 193 g/mol. The first-order valence-corrected chi connectivity index (χ1v) is 4.69. The molecule has 0 atom stereocenters. The van der Waals surface area contributed by atoms with Gasteiger partial charge in [0, 0.05) is 38.9 Å². The molecular weight excluding hydrogens is 178 g/mol. The molecule has 1 aromatic heterocycles. The van der Waals surface area contributed by atoms with E-state index in [2.05, 4.69) is 10.3 Å². The second-order valence-corrected chi connectivity index (χ2v) is 3.90. The van der Waals surface area contributed by atoms with E-state index in [-0.39, 0.29) is 0 Å². The number of nitrogens with zero attached hydrogens (tertiary/aromatic N) is 2. The van der Waals surface area contributed by atoms with E-state index in [1.165, 1.54) is 0 Å². The summed E-state index contributed by atoms with van der Waals surface area (Å²) in [6.45, 7) is 1.22. The maximum Gasteiger partial charge on any atom is 0.134 e. The van der Waals surface area contributed by atoms with Crippen molar-refractivity contribution in [2.24, 2.45) is 0 Å². The number of hydrogen-bond acceptors (Lipinski definition) is 4. The summed E-state index contributed by atoms with van der Waals surface area (Å²) in [7, 11) is 3.86. The van der Waals surface area contributed by atoms with Crippen molar-refractivity contribution >= 4 is 5.82 Å². The summed E-state index contributed by atoms with van der Waals surface area (Å²) >= 11 is 0. The van der Waals surface area contributed by atoms with Crippen LogP contribution in [-0.2, 0) is 5.60 Å². The third-order valence-electron chi connectivity index (χ3n) is 2.55. The fourth-order valence-corrected chi connectivity index (χ4v) is 1.67. The van der Waals surface area contributed by atoms with Gasteiger partial charge in [0.05, 0.1) is 0 Å². The molecule has 0 unspecified atom stereocenters. The zero-order chi connectivity index (χ0) is 10.2. The van der Waals surface area contributed by atoms with Gasteiger partial charge in [-0.1, -0.05) is 6.07 Å².